The first-order valence-corrected chi connectivity index (χ1v) is 8.18. The first kappa shape index (κ1) is 17.0. The number of aromatic amines is 1. The van der Waals surface area contributed by atoms with Crippen molar-refractivity contribution in [2.45, 2.75) is 19.9 Å². The summed E-state index contributed by atoms with van der Waals surface area (Å²) in [5.74, 6) is 2.53. The minimum atomic E-state index is -0.355. The Morgan fingerprint density at radius 3 is 2.56 bits per heavy atom. The van der Waals surface area contributed by atoms with E-state index in [0.717, 1.165) is 11.1 Å². The number of nitrogens with one attached hydrogen (secondary N) is 1. The number of hydrogen-bond donors (Lipinski definition) is 2. The Kier molecular flexibility index (Phi) is 5.00. The van der Waals surface area contributed by atoms with Crippen LogP contribution in [0.2, 0.25) is 0 Å². The second-order valence-corrected chi connectivity index (χ2v) is 5.73. The Morgan fingerprint density at radius 2 is 1.88 bits per heavy atom. The van der Waals surface area contributed by atoms with E-state index in [-0.39, 0.29) is 6.04 Å². The molecule has 3 aromatic rings. The van der Waals surface area contributed by atoms with Crippen LogP contribution in [0, 0.1) is 6.92 Å². The van der Waals surface area contributed by atoms with Crippen molar-refractivity contribution in [2.75, 3.05) is 13.7 Å². The minimum Gasteiger partial charge on any atom is -0.493 e. The molecule has 3 rings (SSSR count). The molecule has 0 saturated heterocycles. The van der Waals surface area contributed by atoms with Crippen molar-refractivity contribution in [2.24, 2.45) is 5.73 Å². The number of H-pyrrole nitrogens is 1. The van der Waals surface area contributed by atoms with Gasteiger partial charge in [-0.15, -0.1) is 0 Å². The van der Waals surface area contributed by atoms with E-state index in [9.17, 15) is 0 Å². The molecular formula is C19H22N4O2. The quantitative estimate of drug-likeness (QED) is 0.720. The van der Waals surface area contributed by atoms with Crippen LogP contribution in [0.4, 0.5) is 0 Å². The molecule has 0 aliphatic carbocycles. The maximum Gasteiger partial charge on any atom is 0.181 e. The van der Waals surface area contributed by atoms with Gasteiger partial charge < -0.3 is 15.2 Å². The van der Waals surface area contributed by atoms with Gasteiger partial charge in [0.1, 0.15) is 5.82 Å². The molecule has 130 valence electrons. The minimum absolute atomic E-state index is 0.355. The third-order valence-electron chi connectivity index (χ3n) is 3.96. The van der Waals surface area contributed by atoms with Gasteiger partial charge in [0.15, 0.2) is 17.3 Å². The predicted molar refractivity (Wildman–Crippen MR) is 96.7 cm³/mol. The lowest BCUT2D eigenvalue weighted by Gasteiger charge is -2.10. The van der Waals surface area contributed by atoms with Crippen LogP contribution in [0.3, 0.4) is 0 Å². The number of rotatable bonds is 6. The molecule has 0 saturated carbocycles. The smallest absolute Gasteiger partial charge is 0.181 e. The molecule has 0 aliphatic heterocycles. The molecule has 0 bridgehead atoms. The average molecular weight is 338 g/mol. The van der Waals surface area contributed by atoms with Crippen molar-refractivity contribution in [1.82, 2.24) is 15.2 Å². The van der Waals surface area contributed by atoms with Crippen LogP contribution in [-0.4, -0.2) is 28.9 Å². The first-order valence-electron chi connectivity index (χ1n) is 8.18. The van der Waals surface area contributed by atoms with Gasteiger partial charge in [0.25, 0.3) is 0 Å². The Labute approximate surface area is 147 Å². The second kappa shape index (κ2) is 7.36. The van der Waals surface area contributed by atoms with Crippen LogP contribution in [0.1, 0.15) is 29.9 Å². The molecule has 25 heavy (non-hydrogen) atoms. The maximum absolute atomic E-state index is 6.30. The van der Waals surface area contributed by atoms with E-state index < -0.39 is 0 Å². The van der Waals surface area contributed by atoms with E-state index in [2.05, 4.69) is 15.2 Å². The SMILES string of the molecule is CCOc1cc(-c2n[nH]c(C(N)c3ccc(C)cc3)n2)ccc1OC. The number of nitrogens with zero attached hydrogens (tertiary/aromatic N) is 2. The molecular weight excluding hydrogens is 316 g/mol. The number of nitrogens with two attached hydrogens (primary N) is 1. The van der Waals surface area contributed by atoms with E-state index in [1.165, 1.54) is 5.56 Å². The van der Waals surface area contributed by atoms with Gasteiger partial charge in [0.05, 0.1) is 19.8 Å². The van der Waals surface area contributed by atoms with Crippen molar-refractivity contribution in [3.8, 4) is 22.9 Å². The fourth-order valence-corrected chi connectivity index (χ4v) is 2.56. The molecule has 6 heteroatoms. The summed E-state index contributed by atoms with van der Waals surface area (Å²) in [4.78, 5) is 4.55. The van der Waals surface area contributed by atoms with Crippen LogP contribution in [0.5, 0.6) is 11.5 Å². The third kappa shape index (κ3) is 3.64. The van der Waals surface area contributed by atoms with Gasteiger partial charge in [-0.2, -0.15) is 5.10 Å². The summed E-state index contributed by atoms with van der Waals surface area (Å²) in [6.07, 6.45) is 0. The molecule has 0 fully saturated rings. The summed E-state index contributed by atoms with van der Waals surface area (Å²) in [5, 5.41) is 7.23. The Hall–Kier alpha value is -2.86. The van der Waals surface area contributed by atoms with Gasteiger partial charge in [-0.25, -0.2) is 4.98 Å². The van der Waals surface area contributed by atoms with Crippen LogP contribution < -0.4 is 15.2 Å². The zero-order chi connectivity index (χ0) is 17.8. The maximum atomic E-state index is 6.30. The normalized spacial score (nSPS) is 12.0. The van der Waals surface area contributed by atoms with Gasteiger partial charge >= 0.3 is 0 Å². The van der Waals surface area contributed by atoms with E-state index >= 15 is 0 Å². The average Bonchev–Trinajstić information content (AvgIpc) is 3.12. The van der Waals surface area contributed by atoms with Crippen molar-refractivity contribution < 1.29 is 9.47 Å². The fraction of sp³-hybridized carbons (Fsp3) is 0.263. The highest BCUT2D eigenvalue weighted by Crippen LogP contribution is 2.31. The number of hydrogen-bond acceptors (Lipinski definition) is 5. The standard InChI is InChI=1S/C19H22N4O2/c1-4-25-16-11-14(9-10-15(16)24-3)18-21-19(23-22-18)17(20)13-7-5-12(2)6-8-13/h5-11,17H,4,20H2,1-3H3,(H,21,22,23). The van der Waals surface area contributed by atoms with Crippen molar-refractivity contribution in [3.05, 3.63) is 59.4 Å². The summed E-state index contributed by atoms with van der Waals surface area (Å²) in [7, 11) is 1.61. The zero-order valence-corrected chi connectivity index (χ0v) is 14.6. The number of aromatic nitrogens is 3. The number of aryl methyl sites for hydroxylation is 1. The Bertz CT molecular complexity index is 843. The molecule has 0 amide bonds. The van der Waals surface area contributed by atoms with Crippen molar-refractivity contribution in [1.29, 1.82) is 0 Å². The molecule has 1 atom stereocenters. The zero-order valence-electron chi connectivity index (χ0n) is 14.6. The molecule has 6 nitrogen and oxygen atoms in total. The third-order valence-corrected chi connectivity index (χ3v) is 3.96. The highest BCUT2D eigenvalue weighted by molar-refractivity contribution is 5.61. The van der Waals surface area contributed by atoms with Gasteiger partial charge in [-0.1, -0.05) is 29.8 Å². The Balaban J connectivity index is 1.88. The van der Waals surface area contributed by atoms with Crippen LogP contribution in [-0.2, 0) is 0 Å². The molecule has 0 radical (unpaired) electrons. The largest absolute Gasteiger partial charge is 0.493 e. The lowest BCUT2D eigenvalue weighted by molar-refractivity contribution is 0.311. The molecule has 1 heterocycles. The van der Waals surface area contributed by atoms with Crippen LogP contribution >= 0.6 is 0 Å². The summed E-state index contributed by atoms with van der Waals surface area (Å²) < 4.78 is 10.9. The summed E-state index contributed by atoms with van der Waals surface area (Å²) in [6.45, 7) is 4.52. The first-order chi connectivity index (χ1) is 12.1. The molecule has 0 spiro atoms. The van der Waals surface area contributed by atoms with Crippen LogP contribution in [0.25, 0.3) is 11.4 Å². The molecule has 3 N–H and O–H groups in total. The molecule has 0 aliphatic rings. The lowest BCUT2D eigenvalue weighted by atomic mass is 10.1. The van der Waals surface area contributed by atoms with E-state index in [0.29, 0.717) is 29.8 Å². The molecule has 1 aromatic heterocycles. The van der Waals surface area contributed by atoms with E-state index in [1.54, 1.807) is 7.11 Å². The van der Waals surface area contributed by atoms with Gasteiger partial charge in [-0.05, 0) is 37.6 Å². The predicted octanol–water partition coefficient (Wildman–Crippen LogP) is 3.24. The summed E-state index contributed by atoms with van der Waals surface area (Å²) >= 11 is 0. The van der Waals surface area contributed by atoms with Gasteiger partial charge in [0.2, 0.25) is 0 Å². The lowest BCUT2D eigenvalue weighted by Crippen LogP contribution is -2.13. The fourth-order valence-electron chi connectivity index (χ4n) is 2.56. The highest BCUT2D eigenvalue weighted by atomic mass is 16.5. The Morgan fingerprint density at radius 1 is 1.12 bits per heavy atom. The van der Waals surface area contributed by atoms with Gasteiger partial charge in [0, 0.05) is 5.56 Å². The monoisotopic (exact) mass is 338 g/mol. The number of methoxy groups -OCH3 is 1. The number of ether oxygens (including phenoxy) is 2. The van der Waals surface area contributed by atoms with Crippen LogP contribution in [0.15, 0.2) is 42.5 Å². The highest BCUT2D eigenvalue weighted by Gasteiger charge is 2.16. The number of benzene rings is 2. The molecule has 2 aromatic carbocycles. The molecule has 1 unspecified atom stereocenters. The van der Waals surface area contributed by atoms with E-state index in [4.69, 9.17) is 15.2 Å². The summed E-state index contributed by atoms with van der Waals surface area (Å²) in [6, 6.07) is 13.3. The second-order valence-electron chi connectivity index (χ2n) is 5.73. The van der Waals surface area contributed by atoms with Gasteiger partial charge in [-0.3, -0.25) is 5.10 Å². The summed E-state index contributed by atoms with van der Waals surface area (Å²) in [5.41, 5.74) is 9.31. The van der Waals surface area contributed by atoms with E-state index in [1.807, 2.05) is 56.3 Å². The topological polar surface area (TPSA) is 86.0 Å². The van der Waals surface area contributed by atoms with Crippen molar-refractivity contribution in [3.63, 3.8) is 0 Å². The van der Waals surface area contributed by atoms with Crippen molar-refractivity contribution >= 4 is 0 Å².